The van der Waals surface area contributed by atoms with Crippen LogP contribution in [0.2, 0.25) is 0 Å². The van der Waals surface area contributed by atoms with Gasteiger partial charge in [-0.25, -0.2) is 0 Å². The standard InChI is InChI=1S/C10H21N3O3S/c1-8-5-9-6-11-7-10(9)13(8)17(14,15)12-3-4-16-2/h8-12H,3-7H2,1-2H3. The van der Waals surface area contributed by atoms with E-state index >= 15 is 0 Å². The molecule has 0 radical (unpaired) electrons. The van der Waals surface area contributed by atoms with E-state index in [4.69, 9.17) is 4.74 Å². The highest BCUT2D eigenvalue weighted by Gasteiger charge is 2.47. The second-order valence-electron chi connectivity index (χ2n) is 4.79. The maximum atomic E-state index is 12.2. The number of fused-ring (bicyclic) bond motifs is 1. The molecule has 0 bridgehead atoms. The van der Waals surface area contributed by atoms with Crippen LogP contribution in [0.3, 0.4) is 0 Å². The van der Waals surface area contributed by atoms with Crippen LogP contribution in [-0.2, 0) is 14.9 Å². The number of ether oxygens (including phenoxy) is 1. The predicted molar refractivity (Wildman–Crippen MR) is 64.9 cm³/mol. The van der Waals surface area contributed by atoms with E-state index in [1.807, 2.05) is 6.92 Å². The molecule has 0 aromatic heterocycles. The van der Waals surface area contributed by atoms with E-state index in [9.17, 15) is 8.42 Å². The molecule has 0 aromatic carbocycles. The average molecular weight is 263 g/mol. The first-order valence-corrected chi connectivity index (χ1v) is 7.48. The van der Waals surface area contributed by atoms with E-state index in [1.165, 1.54) is 0 Å². The van der Waals surface area contributed by atoms with E-state index < -0.39 is 10.2 Å². The maximum Gasteiger partial charge on any atom is 0.280 e. The molecule has 2 saturated heterocycles. The van der Waals surface area contributed by atoms with Crippen LogP contribution in [0.5, 0.6) is 0 Å². The number of rotatable bonds is 5. The zero-order valence-corrected chi connectivity index (χ0v) is 11.2. The summed E-state index contributed by atoms with van der Waals surface area (Å²) in [4.78, 5) is 0. The van der Waals surface area contributed by atoms with Gasteiger partial charge in [-0.3, -0.25) is 0 Å². The zero-order valence-electron chi connectivity index (χ0n) is 10.3. The van der Waals surface area contributed by atoms with Crippen molar-refractivity contribution in [1.29, 1.82) is 0 Å². The predicted octanol–water partition coefficient (Wildman–Crippen LogP) is -0.851. The van der Waals surface area contributed by atoms with E-state index in [2.05, 4.69) is 10.0 Å². The average Bonchev–Trinajstić information content (AvgIpc) is 2.76. The first-order valence-electron chi connectivity index (χ1n) is 6.04. The lowest BCUT2D eigenvalue weighted by molar-refractivity contribution is 0.203. The highest BCUT2D eigenvalue weighted by atomic mass is 32.2. The van der Waals surface area contributed by atoms with Gasteiger partial charge in [0.05, 0.1) is 6.61 Å². The Morgan fingerprint density at radius 3 is 2.94 bits per heavy atom. The lowest BCUT2D eigenvalue weighted by atomic mass is 10.0. The van der Waals surface area contributed by atoms with Crippen LogP contribution < -0.4 is 10.0 Å². The van der Waals surface area contributed by atoms with Crippen molar-refractivity contribution in [3.05, 3.63) is 0 Å². The molecule has 3 unspecified atom stereocenters. The molecule has 3 atom stereocenters. The van der Waals surface area contributed by atoms with Gasteiger partial charge in [-0.1, -0.05) is 0 Å². The summed E-state index contributed by atoms with van der Waals surface area (Å²) >= 11 is 0. The van der Waals surface area contributed by atoms with Gasteiger partial charge in [-0.15, -0.1) is 0 Å². The Hall–Kier alpha value is -0.210. The minimum absolute atomic E-state index is 0.0899. The SMILES string of the molecule is COCCNS(=O)(=O)N1C(C)CC2CNCC21. The van der Waals surface area contributed by atoms with Gasteiger partial charge in [0.1, 0.15) is 0 Å². The fourth-order valence-electron chi connectivity index (χ4n) is 2.89. The Morgan fingerprint density at radius 2 is 2.24 bits per heavy atom. The van der Waals surface area contributed by atoms with Gasteiger partial charge in [0.15, 0.2) is 0 Å². The molecule has 2 heterocycles. The summed E-state index contributed by atoms with van der Waals surface area (Å²) in [6.45, 7) is 4.40. The maximum absolute atomic E-state index is 12.2. The van der Waals surface area contributed by atoms with Gasteiger partial charge < -0.3 is 10.1 Å². The van der Waals surface area contributed by atoms with E-state index in [0.29, 0.717) is 19.1 Å². The first-order chi connectivity index (χ1) is 8.06. The van der Waals surface area contributed by atoms with Crippen molar-refractivity contribution in [2.24, 2.45) is 5.92 Å². The monoisotopic (exact) mass is 263 g/mol. The van der Waals surface area contributed by atoms with Crippen LogP contribution >= 0.6 is 0 Å². The topological polar surface area (TPSA) is 70.7 Å². The molecule has 100 valence electrons. The van der Waals surface area contributed by atoms with Crippen LogP contribution in [0.4, 0.5) is 0 Å². The molecule has 17 heavy (non-hydrogen) atoms. The molecule has 0 aliphatic carbocycles. The molecular formula is C10H21N3O3S. The number of hydrogen-bond acceptors (Lipinski definition) is 4. The first kappa shape index (κ1) is 13.2. The van der Waals surface area contributed by atoms with Crippen molar-refractivity contribution >= 4 is 10.2 Å². The Kier molecular flexibility index (Phi) is 4.04. The minimum atomic E-state index is -3.37. The van der Waals surface area contributed by atoms with Crippen LogP contribution in [0.1, 0.15) is 13.3 Å². The fourth-order valence-corrected chi connectivity index (χ4v) is 4.54. The van der Waals surface area contributed by atoms with E-state index in [-0.39, 0.29) is 12.1 Å². The normalized spacial score (nSPS) is 34.1. The fraction of sp³-hybridized carbons (Fsp3) is 1.00. The van der Waals surface area contributed by atoms with Gasteiger partial charge >= 0.3 is 0 Å². The van der Waals surface area contributed by atoms with Crippen molar-refractivity contribution in [3.63, 3.8) is 0 Å². The van der Waals surface area contributed by atoms with Crippen LogP contribution in [0.25, 0.3) is 0 Å². The molecule has 6 nitrogen and oxygen atoms in total. The van der Waals surface area contributed by atoms with Crippen molar-refractivity contribution in [2.75, 3.05) is 33.4 Å². The second kappa shape index (κ2) is 5.19. The third-order valence-electron chi connectivity index (χ3n) is 3.58. The Labute approximate surface area is 103 Å². The molecule has 0 amide bonds. The van der Waals surface area contributed by atoms with Gasteiger partial charge in [-0.2, -0.15) is 17.4 Å². The number of methoxy groups -OCH3 is 1. The molecule has 2 N–H and O–H groups in total. The third-order valence-corrected chi connectivity index (χ3v) is 5.33. The second-order valence-corrected chi connectivity index (χ2v) is 6.45. The van der Waals surface area contributed by atoms with Crippen LogP contribution in [-0.4, -0.2) is 58.2 Å². The van der Waals surface area contributed by atoms with E-state index in [1.54, 1.807) is 11.4 Å². The lowest BCUT2D eigenvalue weighted by Gasteiger charge is -2.26. The van der Waals surface area contributed by atoms with Crippen LogP contribution in [0.15, 0.2) is 0 Å². The van der Waals surface area contributed by atoms with Crippen molar-refractivity contribution < 1.29 is 13.2 Å². The smallest absolute Gasteiger partial charge is 0.280 e. The molecule has 0 spiro atoms. The molecule has 2 fully saturated rings. The summed E-state index contributed by atoms with van der Waals surface area (Å²) in [7, 11) is -1.81. The van der Waals surface area contributed by atoms with Crippen molar-refractivity contribution in [1.82, 2.24) is 14.3 Å². The summed E-state index contributed by atoms with van der Waals surface area (Å²) in [5, 5.41) is 3.26. The molecule has 0 saturated carbocycles. The minimum Gasteiger partial charge on any atom is -0.383 e. The quantitative estimate of drug-likeness (QED) is 0.634. The Bertz CT molecular complexity index is 360. The summed E-state index contributed by atoms with van der Waals surface area (Å²) in [6.07, 6.45) is 0.947. The largest absolute Gasteiger partial charge is 0.383 e. The number of nitrogens with zero attached hydrogens (tertiary/aromatic N) is 1. The Balaban J connectivity index is 2.04. The van der Waals surface area contributed by atoms with Crippen molar-refractivity contribution in [2.45, 2.75) is 25.4 Å². The third kappa shape index (κ3) is 2.63. The summed E-state index contributed by atoms with van der Waals surface area (Å²) in [5.74, 6) is 0.462. The van der Waals surface area contributed by atoms with E-state index in [0.717, 1.165) is 19.5 Å². The molecule has 2 aliphatic rings. The number of hydrogen-bond donors (Lipinski definition) is 2. The summed E-state index contributed by atoms with van der Waals surface area (Å²) < 4.78 is 33.5. The zero-order chi connectivity index (χ0) is 12.5. The van der Waals surface area contributed by atoms with Gasteiger partial charge in [0.2, 0.25) is 0 Å². The molecule has 2 rings (SSSR count). The van der Waals surface area contributed by atoms with Gasteiger partial charge in [0, 0.05) is 32.3 Å². The summed E-state index contributed by atoms with van der Waals surface area (Å²) in [6, 6.07) is 0.206. The Morgan fingerprint density at radius 1 is 1.47 bits per heavy atom. The molecular weight excluding hydrogens is 242 g/mol. The molecule has 2 aliphatic heterocycles. The lowest BCUT2D eigenvalue weighted by Crippen LogP contribution is -2.49. The molecule has 0 aromatic rings. The van der Waals surface area contributed by atoms with Crippen LogP contribution in [0, 0.1) is 5.92 Å². The van der Waals surface area contributed by atoms with Gasteiger partial charge in [-0.05, 0) is 25.8 Å². The number of nitrogens with one attached hydrogen (secondary N) is 2. The van der Waals surface area contributed by atoms with Crippen molar-refractivity contribution in [3.8, 4) is 0 Å². The summed E-state index contributed by atoms with van der Waals surface area (Å²) in [5.41, 5.74) is 0. The highest BCUT2D eigenvalue weighted by Crippen LogP contribution is 2.33. The molecule has 7 heteroatoms. The van der Waals surface area contributed by atoms with Gasteiger partial charge in [0.25, 0.3) is 10.2 Å². The highest BCUT2D eigenvalue weighted by molar-refractivity contribution is 7.87.